The molecule has 0 radical (unpaired) electrons. The second kappa shape index (κ2) is 13.8. The number of nitrogens with zero attached hydrogens (tertiary/aromatic N) is 4. The highest BCUT2D eigenvalue weighted by Gasteiger charge is 2.16. The summed E-state index contributed by atoms with van der Waals surface area (Å²) in [7, 11) is 0. The van der Waals surface area contributed by atoms with Gasteiger partial charge in [0.05, 0.1) is 34.0 Å². The molecule has 0 fully saturated rings. The van der Waals surface area contributed by atoms with E-state index in [-0.39, 0.29) is 11.7 Å². The SMILES string of the molecule is C[C@@H](Oc1ccc2[nH]nc(/C=C/c3cnn(CCNC(=O)/C=C/C(=O)c4ccc(Br)cc4)c3)c2c1)c1c(Cl)cncc1Cl. The number of hydrogen-bond acceptors (Lipinski definition) is 6. The van der Waals surface area contributed by atoms with Gasteiger partial charge in [-0.1, -0.05) is 39.1 Å². The Hall–Kier alpha value is -4.25. The van der Waals surface area contributed by atoms with E-state index in [4.69, 9.17) is 27.9 Å². The van der Waals surface area contributed by atoms with Gasteiger partial charge >= 0.3 is 0 Å². The first-order valence-corrected chi connectivity index (χ1v) is 14.7. The number of carbonyl (C=O) groups is 2. The summed E-state index contributed by atoms with van der Waals surface area (Å²) >= 11 is 15.9. The normalized spacial score (nSPS) is 12.3. The highest BCUT2D eigenvalue weighted by Crippen LogP contribution is 2.33. The molecule has 0 spiro atoms. The van der Waals surface area contributed by atoms with Crippen LogP contribution in [0.3, 0.4) is 0 Å². The number of amides is 1. The average molecular weight is 680 g/mol. The number of H-pyrrole nitrogens is 1. The molecule has 43 heavy (non-hydrogen) atoms. The fraction of sp³-hybridized carbons (Fsp3) is 0.129. The van der Waals surface area contributed by atoms with Crippen LogP contribution in [-0.2, 0) is 11.3 Å². The minimum absolute atomic E-state index is 0.242. The number of aromatic nitrogens is 5. The van der Waals surface area contributed by atoms with E-state index in [0.717, 1.165) is 26.6 Å². The molecule has 0 aliphatic heterocycles. The van der Waals surface area contributed by atoms with Crippen molar-refractivity contribution in [1.82, 2.24) is 30.3 Å². The summed E-state index contributed by atoms with van der Waals surface area (Å²) in [6.07, 6.45) is 12.6. The highest BCUT2D eigenvalue weighted by molar-refractivity contribution is 9.10. The van der Waals surface area contributed by atoms with Crippen LogP contribution < -0.4 is 10.1 Å². The molecule has 5 rings (SSSR count). The molecule has 5 aromatic rings. The monoisotopic (exact) mass is 678 g/mol. The number of fused-ring (bicyclic) bond motifs is 1. The Kier molecular flexibility index (Phi) is 9.71. The third-order valence-electron chi connectivity index (χ3n) is 6.42. The number of rotatable bonds is 11. The third kappa shape index (κ3) is 7.78. The number of halogens is 3. The zero-order chi connectivity index (χ0) is 30.3. The number of benzene rings is 2. The maximum atomic E-state index is 12.2. The molecule has 1 amide bonds. The van der Waals surface area contributed by atoms with Crippen LogP contribution in [-0.4, -0.2) is 43.2 Å². The fourth-order valence-corrected chi connectivity index (χ4v) is 5.20. The Bertz CT molecular complexity index is 1810. The molecule has 3 heterocycles. The van der Waals surface area contributed by atoms with E-state index in [9.17, 15) is 9.59 Å². The maximum Gasteiger partial charge on any atom is 0.244 e. The van der Waals surface area contributed by atoms with Crippen molar-refractivity contribution >= 4 is 73.9 Å². The number of hydrogen-bond donors (Lipinski definition) is 2. The molecule has 0 aliphatic rings. The first kappa shape index (κ1) is 30.2. The first-order chi connectivity index (χ1) is 20.8. The number of allylic oxidation sites excluding steroid dienone is 1. The van der Waals surface area contributed by atoms with Crippen molar-refractivity contribution in [3.05, 3.63) is 116 Å². The van der Waals surface area contributed by atoms with Gasteiger partial charge in [0.25, 0.3) is 0 Å². The van der Waals surface area contributed by atoms with Crippen molar-refractivity contribution in [2.75, 3.05) is 6.54 Å². The summed E-state index contributed by atoms with van der Waals surface area (Å²) in [4.78, 5) is 28.3. The summed E-state index contributed by atoms with van der Waals surface area (Å²) in [5.41, 5.74) is 3.64. The molecular formula is C31H25BrCl2N6O3. The van der Waals surface area contributed by atoms with Crippen LogP contribution in [0.5, 0.6) is 5.75 Å². The van der Waals surface area contributed by atoms with E-state index < -0.39 is 6.10 Å². The molecule has 0 aliphatic carbocycles. The Morgan fingerprint density at radius 1 is 1.07 bits per heavy atom. The van der Waals surface area contributed by atoms with Gasteiger partial charge in [-0.2, -0.15) is 10.2 Å². The van der Waals surface area contributed by atoms with E-state index >= 15 is 0 Å². The molecule has 0 bridgehead atoms. The molecule has 218 valence electrons. The van der Waals surface area contributed by atoms with Gasteiger partial charge in [-0.3, -0.25) is 24.4 Å². The summed E-state index contributed by atoms with van der Waals surface area (Å²) in [5.74, 6) is 0.0455. The van der Waals surface area contributed by atoms with Gasteiger partial charge in [0.15, 0.2) is 5.78 Å². The predicted octanol–water partition coefficient (Wildman–Crippen LogP) is 7.09. The highest BCUT2D eigenvalue weighted by atomic mass is 79.9. The quantitative estimate of drug-likeness (QED) is 0.114. The van der Waals surface area contributed by atoms with E-state index in [1.807, 2.05) is 43.5 Å². The minimum atomic E-state index is -0.391. The van der Waals surface area contributed by atoms with Crippen molar-refractivity contribution < 1.29 is 14.3 Å². The van der Waals surface area contributed by atoms with E-state index in [0.29, 0.717) is 40.0 Å². The molecule has 3 aromatic heterocycles. The van der Waals surface area contributed by atoms with E-state index in [1.165, 1.54) is 24.5 Å². The summed E-state index contributed by atoms with van der Waals surface area (Å²) in [5, 5.41) is 16.3. The van der Waals surface area contributed by atoms with Gasteiger partial charge in [0.1, 0.15) is 11.9 Å². The van der Waals surface area contributed by atoms with Crippen molar-refractivity contribution in [3.8, 4) is 5.75 Å². The molecule has 1 atom stereocenters. The molecule has 2 N–H and O–H groups in total. The van der Waals surface area contributed by atoms with Gasteiger partial charge < -0.3 is 10.1 Å². The molecule has 12 heteroatoms. The lowest BCUT2D eigenvalue weighted by atomic mass is 10.1. The maximum absolute atomic E-state index is 12.2. The van der Waals surface area contributed by atoms with Crippen LogP contribution in [0.1, 0.15) is 40.2 Å². The topological polar surface area (TPSA) is 115 Å². The van der Waals surface area contributed by atoms with Gasteiger partial charge in [-0.05, 0) is 67.6 Å². The van der Waals surface area contributed by atoms with Crippen LogP contribution in [0.2, 0.25) is 10.0 Å². The standard InChI is InChI=1S/C31H25BrCl2N6O3/c1-19(31-25(33)16-35-17-26(31)34)43-23-7-9-28-24(14-23)27(38-39-28)8-2-20-15-37-40(18-20)13-12-36-30(42)11-10-29(41)21-3-5-22(32)6-4-21/h2-11,14-19H,12-13H2,1H3,(H,36,42)(H,38,39)/b8-2+,11-10+/t19-/m1/s1. The zero-order valence-electron chi connectivity index (χ0n) is 22.8. The number of ether oxygens (including phenoxy) is 1. The van der Waals surface area contributed by atoms with E-state index in [1.54, 1.807) is 35.1 Å². The van der Waals surface area contributed by atoms with E-state index in [2.05, 4.69) is 41.5 Å². The Morgan fingerprint density at radius 2 is 1.84 bits per heavy atom. The minimum Gasteiger partial charge on any atom is -0.486 e. The van der Waals surface area contributed by atoms with Gasteiger partial charge in [0, 0.05) is 57.8 Å². The van der Waals surface area contributed by atoms with Crippen molar-refractivity contribution in [2.45, 2.75) is 19.6 Å². The second-order valence-corrected chi connectivity index (χ2v) is 11.2. The van der Waals surface area contributed by atoms with Crippen LogP contribution in [0.25, 0.3) is 23.1 Å². The Labute approximate surface area is 265 Å². The molecule has 0 saturated carbocycles. The number of aromatic amines is 1. The van der Waals surface area contributed by atoms with Crippen LogP contribution in [0.4, 0.5) is 0 Å². The van der Waals surface area contributed by atoms with Crippen molar-refractivity contribution in [1.29, 1.82) is 0 Å². The number of nitrogens with one attached hydrogen (secondary N) is 2. The third-order valence-corrected chi connectivity index (χ3v) is 7.55. The smallest absolute Gasteiger partial charge is 0.244 e. The van der Waals surface area contributed by atoms with Gasteiger partial charge in [-0.15, -0.1) is 0 Å². The molecule has 0 unspecified atom stereocenters. The van der Waals surface area contributed by atoms with Gasteiger partial charge in [-0.25, -0.2) is 0 Å². The Balaban J connectivity index is 1.16. The second-order valence-electron chi connectivity index (χ2n) is 9.46. The predicted molar refractivity (Wildman–Crippen MR) is 171 cm³/mol. The molecule has 2 aromatic carbocycles. The van der Waals surface area contributed by atoms with Crippen LogP contribution in [0.15, 0.2) is 83.9 Å². The number of ketones is 1. The summed E-state index contributed by atoms with van der Waals surface area (Å²) in [6, 6.07) is 12.6. The summed E-state index contributed by atoms with van der Waals surface area (Å²) < 4.78 is 8.74. The number of carbonyl (C=O) groups excluding carboxylic acids is 2. The lowest BCUT2D eigenvalue weighted by Crippen LogP contribution is -2.25. The molecule has 9 nitrogen and oxygen atoms in total. The largest absolute Gasteiger partial charge is 0.486 e. The zero-order valence-corrected chi connectivity index (χ0v) is 25.9. The Morgan fingerprint density at radius 3 is 2.60 bits per heavy atom. The lowest BCUT2D eigenvalue weighted by Gasteiger charge is -2.17. The van der Waals surface area contributed by atoms with Crippen LogP contribution in [0, 0.1) is 0 Å². The summed E-state index contributed by atoms with van der Waals surface area (Å²) in [6.45, 7) is 2.69. The van der Waals surface area contributed by atoms with Crippen molar-refractivity contribution in [3.63, 3.8) is 0 Å². The van der Waals surface area contributed by atoms with Gasteiger partial charge in [0.2, 0.25) is 5.91 Å². The molecular weight excluding hydrogens is 655 g/mol. The molecule has 0 saturated heterocycles. The van der Waals surface area contributed by atoms with Crippen LogP contribution >= 0.6 is 39.1 Å². The number of pyridine rings is 1. The lowest BCUT2D eigenvalue weighted by molar-refractivity contribution is -0.116. The fourth-order valence-electron chi connectivity index (χ4n) is 4.26. The average Bonchev–Trinajstić information content (AvgIpc) is 3.61. The van der Waals surface area contributed by atoms with Crippen molar-refractivity contribution in [2.24, 2.45) is 0 Å². The first-order valence-electron chi connectivity index (χ1n) is 13.2.